The molecule has 1 heteroatoms. The monoisotopic (exact) mass is 203 g/mol. The summed E-state index contributed by atoms with van der Waals surface area (Å²) in [6, 6.07) is 7.04. The fourth-order valence-corrected chi connectivity index (χ4v) is 1.69. The summed E-state index contributed by atoms with van der Waals surface area (Å²) < 4.78 is 0. The standard InChI is InChI=1S/C14H21N/c1-10(2)14(15-5)9-13-7-6-11(3)12(4)8-13/h6-8,14-15H,1,9H2,2-5H3. The maximum atomic E-state index is 4.00. The van der Waals surface area contributed by atoms with Crippen molar-refractivity contribution < 1.29 is 0 Å². The summed E-state index contributed by atoms with van der Waals surface area (Å²) in [5, 5.41) is 3.28. The summed E-state index contributed by atoms with van der Waals surface area (Å²) in [7, 11) is 1.99. The van der Waals surface area contributed by atoms with Gasteiger partial charge in [0.05, 0.1) is 0 Å². The predicted octanol–water partition coefficient (Wildman–Crippen LogP) is 3.01. The van der Waals surface area contributed by atoms with Gasteiger partial charge < -0.3 is 5.32 Å². The largest absolute Gasteiger partial charge is 0.313 e. The molecule has 1 atom stereocenters. The van der Waals surface area contributed by atoms with E-state index in [1.807, 2.05) is 7.05 Å². The molecule has 0 heterocycles. The van der Waals surface area contributed by atoms with Gasteiger partial charge in [0.2, 0.25) is 0 Å². The van der Waals surface area contributed by atoms with Crippen LogP contribution >= 0.6 is 0 Å². The Morgan fingerprint density at radius 3 is 2.47 bits per heavy atom. The van der Waals surface area contributed by atoms with Crippen molar-refractivity contribution in [3.05, 3.63) is 47.0 Å². The lowest BCUT2D eigenvalue weighted by Gasteiger charge is -2.16. The molecule has 0 aliphatic heterocycles. The first-order valence-electron chi connectivity index (χ1n) is 5.43. The van der Waals surface area contributed by atoms with E-state index in [0.29, 0.717) is 6.04 Å². The number of hydrogen-bond donors (Lipinski definition) is 1. The van der Waals surface area contributed by atoms with E-state index in [4.69, 9.17) is 0 Å². The van der Waals surface area contributed by atoms with Crippen molar-refractivity contribution in [2.45, 2.75) is 33.2 Å². The van der Waals surface area contributed by atoms with Crippen LogP contribution in [-0.2, 0) is 6.42 Å². The van der Waals surface area contributed by atoms with Gasteiger partial charge in [0.25, 0.3) is 0 Å². The molecule has 0 saturated carbocycles. The third kappa shape index (κ3) is 3.21. The quantitative estimate of drug-likeness (QED) is 0.742. The molecule has 1 nitrogen and oxygen atoms in total. The number of likely N-dealkylation sites (N-methyl/N-ethyl adjacent to an activating group) is 1. The minimum Gasteiger partial charge on any atom is -0.313 e. The van der Waals surface area contributed by atoms with E-state index >= 15 is 0 Å². The summed E-state index contributed by atoms with van der Waals surface area (Å²) in [4.78, 5) is 0. The van der Waals surface area contributed by atoms with Gasteiger partial charge in [0.15, 0.2) is 0 Å². The zero-order valence-electron chi connectivity index (χ0n) is 10.2. The Morgan fingerprint density at radius 2 is 2.00 bits per heavy atom. The van der Waals surface area contributed by atoms with E-state index in [1.165, 1.54) is 22.3 Å². The molecular formula is C14H21N. The molecule has 0 aromatic heterocycles. The van der Waals surface area contributed by atoms with Crippen LogP contribution in [0.1, 0.15) is 23.6 Å². The zero-order valence-corrected chi connectivity index (χ0v) is 10.2. The van der Waals surface area contributed by atoms with Crippen molar-refractivity contribution in [1.29, 1.82) is 0 Å². The highest BCUT2D eigenvalue weighted by Crippen LogP contribution is 2.13. The van der Waals surface area contributed by atoms with Crippen molar-refractivity contribution in [1.82, 2.24) is 5.32 Å². The fourth-order valence-electron chi connectivity index (χ4n) is 1.69. The minimum atomic E-state index is 0.382. The summed E-state index contributed by atoms with van der Waals surface area (Å²) in [6.07, 6.45) is 1.02. The van der Waals surface area contributed by atoms with Crippen LogP contribution in [0.3, 0.4) is 0 Å². The Bertz CT molecular complexity index is 352. The maximum absolute atomic E-state index is 4.00. The lowest BCUT2D eigenvalue weighted by molar-refractivity contribution is 0.634. The van der Waals surface area contributed by atoms with Crippen LogP contribution in [0, 0.1) is 13.8 Å². The van der Waals surface area contributed by atoms with Crippen LogP contribution in [0.25, 0.3) is 0 Å². The number of benzene rings is 1. The smallest absolute Gasteiger partial charge is 0.0311 e. The first-order chi connectivity index (χ1) is 7.04. The van der Waals surface area contributed by atoms with Crippen LogP contribution in [0.5, 0.6) is 0 Å². The Kier molecular flexibility index (Phi) is 4.10. The van der Waals surface area contributed by atoms with Gasteiger partial charge in [-0.1, -0.05) is 30.4 Å². The second kappa shape index (κ2) is 5.13. The van der Waals surface area contributed by atoms with Gasteiger partial charge in [0, 0.05) is 6.04 Å². The molecule has 1 aromatic carbocycles. The highest BCUT2D eigenvalue weighted by Gasteiger charge is 2.07. The summed E-state index contributed by atoms with van der Waals surface area (Å²) in [6.45, 7) is 10.4. The summed E-state index contributed by atoms with van der Waals surface area (Å²) >= 11 is 0. The normalized spacial score (nSPS) is 12.5. The second-order valence-electron chi connectivity index (χ2n) is 4.31. The molecule has 15 heavy (non-hydrogen) atoms. The predicted molar refractivity (Wildman–Crippen MR) is 67.3 cm³/mol. The first kappa shape index (κ1) is 12.0. The molecule has 0 amide bonds. The van der Waals surface area contributed by atoms with Gasteiger partial charge in [-0.3, -0.25) is 0 Å². The second-order valence-corrected chi connectivity index (χ2v) is 4.31. The van der Waals surface area contributed by atoms with Gasteiger partial charge in [-0.25, -0.2) is 0 Å². The van der Waals surface area contributed by atoms with E-state index in [0.717, 1.165) is 6.42 Å². The number of nitrogens with one attached hydrogen (secondary N) is 1. The molecule has 0 radical (unpaired) electrons. The van der Waals surface area contributed by atoms with Crippen LogP contribution in [0.4, 0.5) is 0 Å². The highest BCUT2D eigenvalue weighted by atomic mass is 14.9. The third-order valence-corrected chi connectivity index (χ3v) is 2.95. The van der Waals surface area contributed by atoms with Gasteiger partial charge in [-0.05, 0) is 50.9 Å². The van der Waals surface area contributed by atoms with Gasteiger partial charge in [-0.2, -0.15) is 0 Å². The zero-order chi connectivity index (χ0) is 11.4. The Hall–Kier alpha value is -1.08. The Balaban J connectivity index is 2.80. The molecule has 0 bridgehead atoms. The first-order valence-corrected chi connectivity index (χ1v) is 5.43. The van der Waals surface area contributed by atoms with Crippen molar-refractivity contribution in [3.63, 3.8) is 0 Å². The van der Waals surface area contributed by atoms with Crippen molar-refractivity contribution in [2.75, 3.05) is 7.05 Å². The van der Waals surface area contributed by atoms with Gasteiger partial charge >= 0.3 is 0 Å². The third-order valence-electron chi connectivity index (χ3n) is 2.95. The molecule has 0 fully saturated rings. The lowest BCUT2D eigenvalue weighted by atomic mass is 9.98. The van der Waals surface area contributed by atoms with E-state index < -0.39 is 0 Å². The molecule has 1 aromatic rings. The average molecular weight is 203 g/mol. The SMILES string of the molecule is C=C(C)C(Cc1ccc(C)c(C)c1)NC. The molecular weight excluding hydrogens is 182 g/mol. The molecule has 0 aliphatic carbocycles. The van der Waals surface area contributed by atoms with E-state index in [1.54, 1.807) is 0 Å². The van der Waals surface area contributed by atoms with Gasteiger partial charge in [0.1, 0.15) is 0 Å². The van der Waals surface area contributed by atoms with Gasteiger partial charge in [-0.15, -0.1) is 0 Å². The molecule has 1 N–H and O–H groups in total. The molecule has 0 spiro atoms. The summed E-state index contributed by atoms with van der Waals surface area (Å²) in [5.41, 5.74) is 5.29. The number of rotatable bonds is 4. The minimum absolute atomic E-state index is 0.382. The summed E-state index contributed by atoms with van der Waals surface area (Å²) in [5.74, 6) is 0. The molecule has 82 valence electrons. The number of hydrogen-bond acceptors (Lipinski definition) is 1. The van der Waals surface area contributed by atoms with Crippen LogP contribution in [0.2, 0.25) is 0 Å². The van der Waals surface area contributed by atoms with E-state index in [2.05, 4.69) is 50.9 Å². The average Bonchev–Trinajstić information content (AvgIpc) is 2.19. The molecule has 1 rings (SSSR count). The lowest BCUT2D eigenvalue weighted by Crippen LogP contribution is -2.28. The Labute approximate surface area is 93.2 Å². The highest BCUT2D eigenvalue weighted by molar-refractivity contribution is 5.31. The van der Waals surface area contributed by atoms with Crippen LogP contribution < -0.4 is 5.32 Å². The van der Waals surface area contributed by atoms with E-state index in [9.17, 15) is 0 Å². The number of aryl methyl sites for hydroxylation is 2. The van der Waals surface area contributed by atoms with Crippen molar-refractivity contribution in [2.24, 2.45) is 0 Å². The topological polar surface area (TPSA) is 12.0 Å². The Morgan fingerprint density at radius 1 is 1.33 bits per heavy atom. The molecule has 1 unspecified atom stereocenters. The maximum Gasteiger partial charge on any atom is 0.0311 e. The van der Waals surface area contributed by atoms with Crippen molar-refractivity contribution >= 4 is 0 Å². The van der Waals surface area contributed by atoms with E-state index in [-0.39, 0.29) is 0 Å². The fraction of sp³-hybridized carbons (Fsp3) is 0.429. The molecule has 0 saturated heterocycles. The van der Waals surface area contributed by atoms with Crippen molar-refractivity contribution in [3.8, 4) is 0 Å². The van der Waals surface area contributed by atoms with Crippen LogP contribution in [-0.4, -0.2) is 13.1 Å². The van der Waals surface area contributed by atoms with Crippen LogP contribution in [0.15, 0.2) is 30.4 Å². The molecule has 0 aliphatic rings.